The maximum atomic E-state index is 13.1. The van der Waals surface area contributed by atoms with Crippen molar-refractivity contribution in [1.29, 1.82) is 0 Å². The van der Waals surface area contributed by atoms with Gasteiger partial charge in [0.15, 0.2) is 12.9 Å². The molecule has 144 valence electrons. The first-order valence-electron chi connectivity index (χ1n) is 8.34. The first kappa shape index (κ1) is 19.0. The number of carbonyl (C=O) groups excluding carboxylic acids is 1. The van der Waals surface area contributed by atoms with Gasteiger partial charge in [0.2, 0.25) is 5.78 Å². The van der Waals surface area contributed by atoms with Crippen LogP contribution < -0.4 is 18.9 Å². The number of hydrogen-bond donors (Lipinski definition) is 0. The molecular formula is C20H22O7. The minimum Gasteiger partial charge on any atom is -0.497 e. The number of Topliss-reactive ketones (excluding diaryl/α,β-unsaturated/α-hetero) is 1. The summed E-state index contributed by atoms with van der Waals surface area (Å²) < 4.78 is 32.0. The molecule has 27 heavy (non-hydrogen) atoms. The zero-order valence-electron chi connectivity index (χ0n) is 15.7. The second-order valence-corrected chi connectivity index (χ2v) is 5.87. The summed E-state index contributed by atoms with van der Waals surface area (Å²) in [6.45, 7) is -0.00989. The van der Waals surface area contributed by atoms with Crippen molar-refractivity contribution in [2.75, 3.05) is 35.2 Å². The van der Waals surface area contributed by atoms with E-state index in [1.165, 1.54) is 21.3 Å². The lowest BCUT2D eigenvalue weighted by molar-refractivity contribution is 0.0497. The maximum absolute atomic E-state index is 13.1. The molecule has 0 spiro atoms. The SMILES string of the molecule is COCOc1cc(OC)cc(OC)c1C(=O)[C@@H]1O[C@@H]1c1ccc(OC)cc1. The van der Waals surface area contributed by atoms with Gasteiger partial charge >= 0.3 is 0 Å². The third kappa shape index (κ3) is 3.99. The van der Waals surface area contributed by atoms with Crippen molar-refractivity contribution < 1.29 is 33.2 Å². The molecule has 0 aliphatic carbocycles. The molecular weight excluding hydrogens is 352 g/mol. The van der Waals surface area contributed by atoms with E-state index in [-0.39, 0.29) is 18.7 Å². The molecule has 0 bridgehead atoms. The highest BCUT2D eigenvalue weighted by Gasteiger charge is 2.48. The molecule has 0 N–H and O–H groups in total. The highest BCUT2D eigenvalue weighted by molar-refractivity contribution is 6.06. The van der Waals surface area contributed by atoms with Gasteiger partial charge in [-0.3, -0.25) is 4.79 Å². The molecule has 1 fully saturated rings. The van der Waals surface area contributed by atoms with Gasteiger partial charge < -0.3 is 28.4 Å². The summed E-state index contributed by atoms with van der Waals surface area (Å²) in [5.41, 5.74) is 1.21. The first-order valence-corrected chi connectivity index (χ1v) is 8.34. The summed E-state index contributed by atoms with van der Waals surface area (Å²) in [5, 5.41) is 0. The van der Waals surface area contributed by atoms with Gasteiger partial charge in [-0.05, 0) is 17.7 Å². The molecule has 0 saturated carbocycles. The summed E-state index contributed by atoms with van der Waals surface area (Å²) in [7, 11) is 6.12. The van der Waals surface area contributed by atoms with Crippen LogP contribution in [0.3, 0.4) is 0 Å². The van der Waals surface area contributed by atoms with Gasteiger partial charge in [-0.15, -0.1) is 0 Å². The molecule has 1 heterocycles. The number of ketones is 1. The third-order valence-electron chi connectivity index (χ3n) is 4.27. The molecule has 1 aliphatic heterocycles. The number of methoxy groups -OCH3 is 4. The lowest BCUT2D eigenvalue weighted by atomic mass is 10.0. The van der Waals surface area contributed by atoms with Gasteiger partial charge in [0.25, 0.3) is 0 Å². The predicted molar refractivity (Wildman–Crippen MR) is 97.0 cm³/mol. The van der Waals surface area contributed by atoms with Gasteiger partial charge in [0, 0.05) is 19.2 Å². The quantitative estimate of drug-likeness (QED) is 0.379. The highest BCUT2D eigenvalue weighted by atomic mass is 16.7. The van der Waals surface area contributed by atoms with Crippen molar-refractivity contribution in [2.24, 2.45) is 0 Å². The number of carbonyl (C=O) groups is 1. The van der Waals surface area contributed by atoms with Gasteiger partial charge in [-0.1, -0.05) is 12.1 Å². The number of rotatable bonds is 9. The van der Waals surface area contributed by atoms with Gasteiger partial charge in [0.1, 0.15) is 34.7 Å². The Morgan fingerprint density at radius 1 is 0.926 bits per heavy atom. The molecule has 2 atom stereocenters. The van der Waals surface area contributed by atoms with Crippen molar-refractivity contribution in [3.05, 3.63) is 47.5 Å². The average Bonchev–Trinajstić information content (AvgIpc) is 3.51. The van der Waals surface area contributed by atoms with Crippen LogP contribution in [-0.2, 0) is 9.47 Å². The molecule has 1 aliphatic rings. The molecule has 1 saturated heterocycles. The van der Waals surface area contributed by atoms with Gasteiger partial charge in [-0.25, -0.2) is 0 Å². The summed E-state index contributed by atoms with van der Waals surface area (Å²) in [6.07, 6.45) is -0.920. The van der Waals surface area contributed by atoms with Crippen LogP contribution in [0.5, 0.6) is 23.0 Å². The Morgan fingerprint density at radius 3 is 2.19 bits per heavy atom. The number of ether oxygens (including phenoxy) is 6. The van der Waals surface area contributed by atoms with E-state index in [1.54, 1.807) is 19.2 Å². The molecule has 7 heteroatoms. The summed E-state index contributed by atoms with van der Waals surface area (Å²) in [6, 6.07) is 10.7. The molecule has 0 unspecified atom stereocenters. The van der Waals surface area contributed by atoms with E-state index in [9.17, 15) is 4.79 Å². The standard InChI is InChI=1S/C20H22O7/c1-22-11-26-16-10-14(24-3)9-15(25-4)17(16)18(21)20-19(27-20)12-5-7-13(23-2)8-6-12/h5-10,19-20H,11H2,1-4H3/t19-,20+/m1/s1. The van der Waals surface area contributed by atoms with Crippen molar-refractivity contribution in [3.8, 4) is 23.0 Å². The van der Waals surface area contributed by atoms with Crippen molar-refractivity contribution in [1.82, 2.24) is 0 Å². The maximum Gasteiger partial charge on any atom is 0.202 e. The molecule has 2 aromatic carbocycles. The Kier molecular flexibility index (Phi) is 5.83. The average molecular weight is 374 g/mol. The van der Waals surface area contributed by atoms with E-state index in [4.69, 9.17) is 28.4 Å². The Labute approximate surface area is 157 Å². The zero-order valence-corrected chi connectivity index (χ0v) is 15.7. The molecule has 0 amide bonds. The number of epoxide rings is 1. The number of hydrogen-bond acceptors (Lipinski definition) is 7. The van der Waals surface area contributed by atoms with Gasteiger partial charge in [-0.2, -0.15) is 0 Å². The van der Waals surface area contributed by atoms with Crippen LogP contribution in [0, 0.1) is 0 Å². The fourth-order valence-corrected chi connectivity index (χ4v) is 2.82. The van der Waals surface area contributed by atoms with Crippen LogP contribution in [0.15, 0.2) is 36.4 Å². The molecule has 0 aromatic heterocycles. The third-order valence-corrected chi connectivity index (χ3v) is 4.27. The Balaban J connectivity index is 1.87. The Morgan fingerprint density at radius 2 is 1.59 bits per heavy atom. The van der Waals surface area contributed by atoms with Crippen LogP contribution in [0.4, 0.5) is 0 Å². The lowest BCUT2D eigenvalue weighted by Crippen LogP contribution is -2.13. The fourth-order valence-electron chi connectivity index (χ4n) is 2.82. The minimum atomic E-state index is -0.606. The van der Waals surface area contributed by atoms with Crippen molar-refractivity contribution >= 4 is 5.78 Å². The largest absolute Gasteiger partial charge is 0.497 e. The number of benzene rings is 2. The summed E-state index contributed by atoms with van der Waals surface area (Å²) in [4.78, 5) is 13.1. The second-order valence-electron chi connectivity index (χ2n) is 5.87. The van der Waals surface area contributed by atoms with E-state index in [2.05, 4.69) is 0 Å². The molecule has 3 rings (SSSR count). The zero-order chi connectivity index (χ0) is 19.4. The van der Waals surface area contributed by atoms with E-state index in [0.29, 0.717) is 22.8 Å². The minimum absolute atomic E-state index is 0.00989. The van der Waals surface area contributed by atoms with Crippen LogP contribution in [0.1, 0.15) is 22.0 Å². The summed E-state index contributed by atoms with van der Waals surface area (Å²) in [5.74, 6) is 1.71. The topological polar surface area (TPSA) is 75.8 Å². The van der Waals surface area contributed by atoms with Gasteiger partial charge in [0.05, 0.1) is 21.3 Å². The smallest absolute Gasteiger partial charge is 0.202 e. The van der Waals surface area contributed by atoms with Crippen LogP contribution in [-0.4, -0.2) is 47.1 Å². The van der Waals surface area contributed by atoms with E-state index >= 15 is 0 Å². The van der Waals surface area contributed by atoms with Crippen LogP contribution in [0.25, 0.3) is 0 Å². The monoisotopic (exact) mass is 374 g/mol. The van der Waals surface area contributed by atoms with E-state index < -0.39 is 6.10 Å². The Hall–Kier alpha value is -2.77. The summed E-state index contributed by atoms with van der Waals surface area (Å²) >= 11 is 0. The van der Waals surface area contributed by atoms with Crippen molar-refractivity contribution in [2.45, 2.75) is 12.2 Å². The molecule has 0 radical (unpaired) electrons. The van der Waals surface area contributed by atoms with Crippen LogP contribution >= 0.6 is 0 Å². The highest BCUT2D eigenvalue weighted by Crippen LogP contribution is 2.45. The lowest BCUT2D eigenvalue weighted by Gasteiger charge is -2.15. The van der Waals surface area contributed by atoms with Crippen molar-refractivity contribution in [3.63, 3.8) is 0 Å². The predicted octanol–water partition coefficient (Wildman–Crippen LogP) is 3.02. The van der Waals surface area contributed by atoms with E-state index in [1.807, 2.05) is 24.3 Å². The molecule has 2 aromatic rings. The normalized spacial score (nSPS) is 17.9. The fraction of sp³-hybridized carbons (Fsp3) is 0.350. The Bertz CT molecular complexity index is 801. The van der Waals surface area contributed by atoms with Crippen LogP contribution in [0.2, 0.25) is 0 Å². The second kappa shape index (κ2) is 8.28. The molecule has 7 nitrogen and oxygen atoms in total. The van der Waals surface area contributed by atoms with E-state index in [0.717, 1.165) is 11.3 Å². The first-order chi connectivity index (χ1) is 13.1.